The minimum atomic E-state index is -2.79. The number of aliphatic hydroxyl groups is 2. The van der Waals surface area contributed by atoms with E-state index < -0.39 is 17.9 Å². The van der Waals surface area contributed by atoms with Crippen molar-refractivity contribution in [2.45, 2.75) is 13.3 Å². The van der Waals surface area contributed by atoms with E-state index in [4.69, 9.17) is 20.7 Å². The molecule has 3 aromatic rings. The Kier molecular flexibility index (Phi) is 11.2. The number of ether oxygens (including phenoxy) is 1. The molecule has 12 heteroatoms. The number of nitrogens with zero attached hydrogens (tertiary/aromatic N) is 4. The fourth-order valence-electron chi connectivity index (χ4n) is 3.15. The first kappa shape index (κ1) is 28.6. The number of anilines is 1. The van der Waals surface area contributed by atoms with Gasteiger partial charge >= 0.3 is 0 Å². The van der Waals surface area contributed by atoms with Crippen LogP contribution in [-0.2, 0) is 4.79 Å². The predicted octanol–water partition coefficient (Wildman–Crippen LogP) is 2.65. The molecule has 0 amide bonds. The number of aromatic nitrogens is 3. The molecule has 2 heterocycles. The van der Waals surface area contributed by atoms with Crippen molar-refractivity contribution in [2.75, 3.05) is 45.7 Å². The maximum atomic E-state index is 13.3. The molecule has 3 rings (SSSR count). The maximum Gasteiger partial charge on any atom is 0.280 e. The van der Waals surface area contributed by atoms with Crippen LogP contribution in [0.2, 0.25) is 0 Å². The van der Waals surface area contributed by atoms with Crippen LogP contribution >= 0.6 is 0 Å². The van der Waals surface area contributed by atoms with Crippen molar-refractivity contribution >= 4 is 12.2 Å². The first-order valence-electron chi connectivity index (χ1n) is 10.9. The third kappa shape index (κ3) is 8.26. The van der Waals surface area contributed by atoms with Gasteiger partial charge < -0.3 is 25.6 Å². The summed E-state index contributed by atoms with van der Waals surface area (Å²) in [6.45, 7) is 2.85. The van der Waals surface area contributed by atoms with E-state index in [0.29, 0.717) is 36.2 Å². The van der Waals surface area contributed by atoms with Gasteiger partial charge in [-0.15, -0.1) is 0 Å². The monoisotopic (exact) mass is 507 g/mol. The Labute approximate surface area is 206 Å². The number of hydrogen-bond acceptors (Lipinski definition) is 9. The largest absolute Gasteiger partial charge is 0.469 e. The number of aldehydes is 1. The number of carbonyl (C=O) groups excluding carboxylic acids is 1. The molecule has 36 heavy (non-hydrogen) atoms. The second-order valence-corrected chi connectivity index (χ2v) is 7.57. The number of likely N-dealkylation sites (N-methyl/N-ethyl adjacent to an activating group) is 1. The number of benzene rings is 1. The van der Waals surface area contributed by atoms with Crippen LogP contribution in [0.15, 0.2) is 36.4 Å². The van der Waals surface area contributed by atoms with Crippen molar-refractivity contribution in [1.29, 1.82) is 0 Å². The van der Waals surface area contributed by atoms with Crippen LogP contribution < -0.4 is 10.5 Å². The summed E-state index contributed by atoms with van der Waals surface area (Å²) >= 11 is 0. The average Bonchev–Trinajstić information content (AvgIpc) is 2.83. The number of aryl methyl sites for hydroxylation is 1. The molecular formula is C24H28F3N5O4. The van der Waals surface area contributed by atoms with Crippen LogP contribution in [0.4, 0.5) is 19.1 Å². The summed E-state index contributed by atoms with van der Waals surface area (Å²) in [6.07, 6.45) is -2.27. The Morgan fingerprint density at radius 2 is 1.69 bits per heavy atom. The Morgan fingerprint density at radius 3 is 2.25 bits per heavy atom. The maximum absolute atomic E-state index is 13.3. The van der Waals surface area contributed by atoms with Gasteiger partial charge in [0.15, 0.2) is 6.29 Å². The van der Waals surface area contributed by atoms with Crippen molar-refractivity contribution in [3.63, 3.8) is 0 Å². The highest BCUT2D eigenvalue weighted by atomic mass is 19.3. The summed E-state index contributed by atoms with van der Waals surface area (Å²) in [7, 11) is 1.85. The minimum Gasteiger partial charge on any atom is -0.469 e. The van der Waals surface area contributed by atoms with Crippen molar-refractivity contribution in [1.82, 2.24) is 19.9 Å². The number of carbonyl (C=O) groups is 1. The highest BCUT2D eigenvalue weighted by Crippen LogP contribution is 2.38. The summed E-state index contributed by atoms with van der Waals surface area (Å²) in [5.74, 6) is -0.655. The zero-order valence-corrected chi connectivity index (χ0v) is 19.9. The van der Waals surface area contributed by atoms with Crippen molar-refractivity contribution in [3.05, 3.63) is 53.6 Å². The molecule has 0 unspecified atom stereocenters. The molecule has 194 valence electrons. The van der Waals surface area contributed by atoms with Gasteiger partial charge in [-0.3, -0.25) is 9.78 Å². The van der Waals surface area contributed by atoms with Crippen molar-refractivity contribution in [3.8, 4) is 28.3 Å². The van der Waals surface area contributed by atoms with Crippen LogP contribution in [0.5, 0.6) is 5.88 Å². The fourth-order valence-corrected chi connectivity index (χ4v) is 3.15. The Hall–Kier alpha value is -3.61. The number of alkyl halides is 2. The second kappa shape index (κ2) is 14.1. The number of pyridine rings is 1. The zero-order valence-electron chi connectivity index (χ0n) is 19.9. The number of hydrogen-bond donors (Lipinski definition) is 3. The van der Waals surface area contributed by atoms with Crippen LogP contribution in [0.25, 0.3) is 22.4 Å². The number of nitrogens with two attached hydrogens (primary N) is 1. The molecule has 0 aliphatic rings. The van der Waals surface area contributed by atoms with Crippen molar-refractivity contribution in [2.24, 2.45) is 0 Å². The van der Waals surface area contributed by atoms with E-state index in [2.05, 4.69) is 15.0 Å². The van der Waals surface area contributed by atoms with Crippen LogP contribution in [-0.4, -0.2) is 76.3 Å². The van der Waals surface area contributed by atoms with E-state index in [1.165, 1.54) is 30.3 Å². The smallest absolute Gasteiger partial charge is 0.280 e. The van der Waals surface area contributed by atoms with E-state index >= 15 is 0 Å². The Bertz CT molecular complexity index is 1130. The SMILES string of the molecule is CN(CCO)CCO.Cc1cc(-c2c(OCC=O)nc(N)nc2-c2ccc(F)cc2)cc(C(F)F)n1. The van der Waals surface area contributed by atoms with E-state index in [1.807, 2.05) is 11.9 Å². The molecule has 0 atom stereocenters. The zero-order chi connectivity index (χ0) is 26.7. The summed E-state index contributed by atoms with van der Waals surface area (Å²) in [4.78, 5) is 24.6. The molecule has 2 aromatic heterocycles. The fraction of sp³-hybridized carbons (Fsp3) is 0.333. The molecule has 0 saturated carbocycles. The number of aliphatic hydroxyl groups excluding tert-OH is 2. The van der Waals surface area contributed by atoms with Gasteiger partial charge in [-0.2, -0.15) is 4.98 Å². The van der Waals surface area contributed by atoms with Crippen LogP contribution in [0.1, 0.15) is 17.8 Å². The molecule has 0 spiro atoms. The first-order valence-corrected chi connectivity index (χ1v) is 10.9. The molecule has 9 nitrogen and oxygen atoms in total. The lowest BCUT2D eigenvalue weighted by atomic mass is 9.99. The highest BCUT2D eigenvalue weighted by Gasteiger charge is 2.21. The summed E-state index contributed by atoms with van der Waals surface area (Å²) in [6, 6.07) is 8.13. The van der Waals surface area contributed by atoms with Gasteiger partial charge in [-0.05, 0) is 55.9 Å². The number of nitrogen functional groups attached to an aromatic ring is 1. The van der Waals surface area contributed by atoms with Gasteiger partial charge in [0.05, 0.1) is 24.5 Å². The third-order valence-electron chi connectivity index (χ3n) is 4.75. The molecule has 0 aliphatic carbocycles. The van der Waals surface area contributed by atoms with Gasteiger partial charge in [-0.1, -0.05) is 0 Å². The van der Waals surface area contributed by atoms with E-state index in [-0.39, 0.29) is 42.9 Å². The van der Waals surface area contributed by atoms with Crippen LogP contribution in [0, 0.1) is 12.7 Å². The number of halogens is 3. The highest BCUT2D eigenvalue weighted by molar-refractivity contribution is 5.85. The topological polar surface area (TPSA) is 135 Å². The normalized spacial score (nSPS) is 10.8. The Balaban J connectivity index is 0.000000493. The molecule has 0 fully saturated rings. The van der Waals surface area contributed by atoms with Gasteiger partial charge in [0, 0.05) is 24.3 Å². The van der Waals surface area contributed by atoms with E-state index in [1.54, 1.807) is 13.0 Å². The van der Waals surface area contributed by atoms with Gasteiger partial charge in [0.2, 0.25) is 11.8 Å². The molecular weight excluding hydrogens is 479 g/mol. The molecule has 0 saturated heterocycles. The average molecular weight is 508 g/mol. The van der Waals surface area contributed by atoms with Crippen LogP contribution in [0.3, 0.4) is 0 Å². The van der Waals surface area contributed by atoms with E-state index in [9.17, 15) is 18.0 Å². The van der Waals surface area contributed by atoms with E-state index in [0.717, 1.165) is 0 Å². The summed E-state index contributed by atoms with van der Waals surface area (Å²) in [5, 5.41) is 16.7. The third-order valence-corrected chi connectivity index (χ3v) is 4.75. The molecule has 4 N–H and O–H groups in total. The molecule has 1 aromatic carbocycles. The lowest BCUT2D eigenvalue weighted by molar-refractivity contribution is -0.109. The Morgan fingerprint density at radius 1 is 1.06 bits per heavy atom. The second-order valence-electron chi connectivity index (χ2n) is 7.57. The lowest BCUT2D eigenvalue weighted by Gasteiger charge is -2.15. The quantitative estimate of drug-likeness (QED) is 0.354. The molecule has 0 aliphatic heterocycles. The predicted molar refractivity (Wildman–Crippen MR) is 128 cm³/mol. The van der Waals surface area contributed by atoms with Crippen molar-refractivity contribution < 1.29 is 32.9 Å². The number of rotatable bonds is 10. The standard InChI is InChI=1S/C19H15F3N4O2.C5H13NO2/c1-10-8-12(9-14(24-10)17(21)22)15-16(11-2-4-13(20)5-3-11)25-19(23)26-18(15)28-7-6-27;1-6(2-4-7)3-5-8/h2-6,8-9,17H,7H2,1H3,(H2,23,25,26);7-8H,2-5H2,1H3. The molecule has 0 radical (unpaired) electrons. The first-order chi connectivity index (χ1) is 17.2. The lowest BCUT2D eigenvalue weighted by Crippen LogP contribution is -2.25. The van der Waals surface area contributed by atoms with Gasteiger partial charge in [-0.25, -0.2) is 18.2 Å². The summed E-state index contributed by atoms with van der Waals surface area (Å²) in [5.41, 5.74) is 6.94. The van der Waals surface area contributed by atoms with Gasteiger partial charge in [0.1, 0.15) is 18.1 Å². The summed E-state index contributed by atoms with van der Waals surface area (Å²) < 4.78 is 45.2. The minimum absolute atomic E-state index is 0.0512. The van der Waals surface area contributed by atoms with Gasteiger partial charge in [0.25, 0.3) is 6.43 Å². The molecule has 0 bridgehead atoms.